The van der Waals surface area contributed by atoms with Gasteiger partial charge in [0, 0.05) is 18.2 Å². The molecule has 0 bridgehead atoms. The van der Waals surface area contributed by atoms with Gasteiger partial charge in [0.25, 0.3) is 10.0 Å². The third-order valence-corrected chi connectivity index (χ3v) is 6.54. The smallest absolute Gasteiger partial charge is 0.261 e. The maximum Gasteiger partial charge on any atom is 0.261 e. The van der Waals surface area contributed by atoms with Gasteiger partial charge in [0.05, 0.1) is 17.2 Å². The Balaban J connectivity index is 1.50. The van der Waals surface area contributed by atoms with Crippen molar-refractivity contribution in [2.45, 2.75) is 38.0 Å². The Hall–Kier alpha value is -2.54. The van der Waals surface area contributed by atoms with Gasteiger partial charge in [-0.15, -0.1) is 0 Å². The van der Waals surface area contributed by atoms with Crippen molar-refractivity contribution < 1.29 is 17.9 Å². The maximum absolute atomic E-state index is 12.8. The van der Waals surface area contributed by atoms with Crippen LogP contribution in [0.3, 0.4) is 0 Å². The summed E-state index contributed by atoms with van der Waals surface area (Å²) < 4.78 is 33.8. The van der Waals surface area contributed by atoms with E-state index < -0.39 is 10.0 Å². The van der Waals surface area contributed by atoms with E-state index >= 15 is 0 Å². The molecule has 0 radical (unpaired) electrons. The third-order valence-electron chi connectivity index (χ3n) is 5.14. The number of ether oxygens (including phenoxy) is 1. The van der Waals surface area contributed by atoms with Crippen LogP contribution in [0.2, 0.25) is 0 Å². The SMILES string of the molecule is CC(C)COc1ccc(S(=O)(=O)Nc2ccc3c(c2)N(C(=O)C2CC2)CC3)cc1. The number of hydrogen-bond acceptors (Lipinski definition) is 4. The number of anilines is 2. The first-order valence-electron chi connectivity index (χ1n) is 10.0. The molecule has 4 rings (SSSR count). The molecule has 29 heavy (non-hydrogen) atoms. The average Bonchev–Trinajstić information content (AvgIpc) is 3.46. The van der Waals surface area contributed by atoms with Gasteiger partial charge < -0.3 is 9.64 Å². The van der Waals surface area contributed by atoms with Crippen LogP contribution in [0.25, 0.3) is 0 Å². The van der Waals surface area contributed by atoms with E-state index in [2.05, 4.69) is 18.6 Å². The monoisotopic (exact) mass is 414 g/mol. The molecule has 6 nitrogen and oxygen atoms in total. The minimum absolute atomic E-state index is 0.137. The topological polar surface area (TPSA) is 75.7 Å². The van der Waals surface area contributed by atoms with E-state index in [1.165, 1.54) is 12.1 Å². The highest BCUT2D eigenvalue weighted by Gasteiger charge is 2.36. The quantitative estimate of drug-likeness (QED) is 0.747. The fourth-order valence-corrected chi connectivity index (χ4v) is 4.46. The van der Waals surface area contributed by atoms with Crippen molar-refractivity contribution in [2.75, 3.05) is 22.8 Å². The fraction of sp³-hybridized carbons (Fsp3) is 0.409. The van der Waals surface area contributed by atoms with Crippen molar-refractivity contribution in [3.63, 3.8) is 0 Å². The van der Waals surface area contributed by atoms with Gasteiger partial charge in [-0.3, -0.25) is 9.52 Å². The molecular weight excluding hydrogens is 388 g/mol. The molecule has 0 spiro atoms. The van der Waals surface area contributed by atoms with Gasteiger partial charge in [0.15, 0.2) is 0 Å². The van der Waals surface area contributed by atoms with E-state index in [1.807, 2.05) is 6.07 Å². The van der Waals surface area contributed by atoms with Gasteiger partial charge in [0.2, 0.25) is 5.91 Å². The molecule has 2 aromatic carbocycles. The molecule has 1 amide bonds. The van der Waals surface area contributed by atoms with Crippen LogP contribution in [0.15, 0.2) is 47.4 Å². The van der Waals surface area contributed by atoms with Crippen LogP contribution in [0.1, 0.15) is 32.3 Å². The number of amides is 1. The van der Waals surface area contributed by atoms with Crippen LogP contribution in [0.4, 0.5) is 11.4 Å². The Morgan fingerprint density at radius 3 is 2.55 bits per heavy atom. The number of rotatable bonds is 7. The summed E-state index contributed by atoms with van der Waals surface area (Å²) in [6.45, 7) is 5.35. The van der Waals surface area contributed by atoms with E-state index in [1.54, 1.807) is 29.2 Å². The van der Waals surface area contributed by atoms with Crippen LogP contribution in [0.5, 0.6) is 5.75 Å². The van der Waals surface area contributed by atoms with Crippen LogP contribution >= 0.6 is 0 Å². The first kappa shape index (κ1) is 19.8. The van der Waals surface area contributed by atoms with Gasteiger partial charge in [-0.05, 0) is 67.1 Å². The largest absolute Gasteiger partial charge is 0.493 e. The van der Waals surface area contributed by atoms with E-state index in [-0.39, 0.29) is 16.7 Å². The van der Waals surface area contributed by atoms with Gasteiger partial charge in [-0.25, -0.2) is 8.42 Å². The maximum atomic E-state index is 12.8. The summed E-state index contributed by atoms with van der Waals surface area (Å²) in [6.07, 6.45) is 2.71. The summed E-state index contributed by atoms with van der Waals surface area (Å²) in [4.78, 5) is 14.5. The van der Waals surface area contributed by atoms with Crippen molar-refractivity contribution in [1.82, 2.24) is 0 Å². The highest BCUT2D eigenvalue weighted by atomic mass is 32.2. The molecule has 1 N–H and O–H groups in total. The number of sulfonamides is 1. The molecule has 2 aliphatic rings. The minimum Gasteiger partial charge on any atom is -0.493 e. The van der Waals surface area contributed by atoms with Crippen molar-refractivity contribution in [3.8, 4) is 5.75 Å². The van der Waals surface area contributed by atoms with E-state index in [9.17, 15) is 13.2 Å². The summed E-state index contributed by atoms with van der Waals surface area (Å²) in [6, 6.07) is 11.8. The number of hydrogen-bond donors (Lipinski definition) is 1. The second kappa shape index (κ2) is 7.71. The highest BCUT2D eigenvalue weighted by Crippen LogP contribution is 2.37. The van der Waals surface area contributed by atoms with Crippen molar-refractivity contribution in [1.29, 1.82) is 0 Å². The van der Waals surface area contributed by atoms with Gasteiger partial charge >= 0.3 is 0 Å². The zero-order valence-corrected chi connectivity index (χ0v) is 17.5. The first-order chi connectivity index (χ1) is 13.8. The summed E-state index contributed by atoms with van der Waals surface area (Å²) in [7, 11) is -3.73. The lowest BCUT2D eigenvalue weighted by Crippen LogP contribution is -2.30. The normalized spacial score (nSPS) is 16.0. The number of nitrogens with one attached hydrogen (secondary N) is 1. The summed E-state index contributed by atoms with van der Waals surface area (Å²) >= 11 is 0. The molecular formula is C22H26N2O4S. The number of carbonyl (C=O) groups excluding carboxylic acids is 1. The van der Waals surface area contributed by atoms with Crippen LogP contribution < -0.4 is 14.4 Å². The molecule has 1 fully saturated rings. The molecule has 0 aromatic heterocycles. The number of fused-ring (bicyclic) bond motifs is 1. The van der Waals surface area contributed by atoms with E-state index in [0.29, 0.717) is 30.5 Å². The molecule has 1 aliphatic heterocycles. The van der Waals surface area contributed by atoms with Gasteiger partial charge in [0.1, 0.15) is 5.75 Å². The minimum atomic E-state index is -3.73. The molecule has 0 saturated heterocycles. The van der Waals surface area contributed by atoms with Gasteiger partial charge in [-0.2, -0.15) is 0 Å². The lowest BCUT2D eigenvalue weighted by molar-refractivity contribution is -0.119. The molecule has 0 unspecified atom stereocenters. The number of nitrogens with zero attached hydrogens (tertiary/aromatic N) is 1. The Labute approximate surface area is 171 Å². The second-order valence-corrected chi connectivity index (χ2v) is 9.82. The molecule has 1 aliphatic carbocycles. The molecule has 1 heterocycles. The van der Waals surface area contributed by atoms with Crippen LogP contribution in [0, 0.1) is 11.8 Å². The van der Waals surface area contributed by atoms with Crippen LogP contribution in [-0.4, -0.2) is 27.5 Å². The lowest BCUT2D eigenvalue weighted by atomic mass is 10.1. The Morgan fingerprint density at radius 1 is 1.17 bits per heavy atom. The lowest BCUT2D eigenvalue weighted by Gasteiger charge is -2.18. The molecule has 154 valence electrons. The number of carbonyl (C=O) groups is 1. The molecule has 7 heteroatoms. The van der Waals surface area contributed by atoms with Crippen LogP contribution in [-0.2, 0) is 21.2 Å². The average molecular weight is 415 g/mol. The zero-order chi connectivity index (χ0) is 20.6. The molecule has 1 saturated carbocycles. The molecule has 2 aromatic rings. The zero-order valence-electron chi connectivity index (χ0n) is 16.7. The van der Waals surface area contributed by atoms with Gasteiger partial charge in [-0.1, -0.05) is 19.9 Å². The van der Waals surface area contributed by atoms with E-state index in [0.717, 1.165) is 30.5 Å². The highest BCUT2D eigenvalue weighted by molar-refractivity contribution is 7.92. The summed E-state index contributed by atoms with van der Waals surface area (Å²) in [5.74, 6) is 1.33. The Morgan fingerprint density at radius 2 is 1.90 bits per heavy atom. The standard InChI is InChI=1S/C22H26N2O4S/c1-15(2)14-28-19-7-9-20(10-8-19)29(26,27)23-18-6-5-16-11-12-24(21(16)13-18)22(25)17-3-4-17/h5-10,13,15,17,23H,3-4,11-12,14H2,1-2H3. The fourth-order valence-electron chi connectivity index (χ4n) is 3.41. The second-order valence-electron chi connectivity index (χ2n) is 8.14. The van der Waals surface area contributed by atoms with Crippen molar-refractivity contribution in [3.05, 3.63) is 48.0 Å². The third kappa shape index (κ3) is 4.40. The molecule has 0 atom stereocenters. The number of benzene rings is 2. The van der Waals surface area contributed by atoms with E-state index in [4.69, 9.17) is 4.74 Å². The van der Waals surface area contributed by atoms with Crippen molar-refractivity contribution in [2.24, 2.45) is 11.8 Å². The predicted molar refractivity (Wildman–Crippen MR) is 113 cm³/mol. The Bertz CT molecular complexity index is 1010. The predicted octanol–water partition coefficient (Wildman–Crippen LogP) is 3.82. The summed E-state index contributed by atoms with van der Waals surface area (Å²) in [5, 5.41) is 0. The first-order valence-corrected chi connectivity index (χ1v) is 11.5. The Kier molecular flexibility index (Phi) is 5.25. The summed E-state index contributed by atoms with van der Waals surface area (Å²) in [5.41, 5.74) is 2.35. The van der Waals surface area contributed by atoms with Crippen molar-refractivity contribution >= 4 is 27.3 Å².